The van der Waals surface area contributed by atoms with Crippen LogP contribution in [0.25, 0.3) is 10.9 Å². The van der Waals surface area contributed by atoms with E-state index in [2.05, 4.69) is 5.10 Å². The van der Waals surface area contributed by atoms with Gasteiger partial charge in [-0.1, -0.05) is 0 Å². The van der Waals surface area contributed by atoms with Crippen molar-refractivity contribution in [2.75, 3.05) is 33.5 Å². The molecule has 8 heteroatoms. The van der Waals surface area contributed by atoms with Crippen LogP contribution in [0.2, 0.25) is 0 Å². The molecule has 1 aromatic heterocycles. The van der Waals surface area contributed by atoms with E-state index in [1.165, 1.54) is 4.68 Å². The second kappa shape index (κ2) is 8.28. The molecule has 1 aromatic carbocycles. The Hall–Kier alpha value is -2.16. The number of ether oxygens (including phenoxy) is 4. The van der Waals surface area contributed by atoms with Gasteiger partial charge in [0.15, 0.2) is 5.69 Å². The molecule has 0 aliphatic carbocycles. The normalized spacial score (nSPS) is 15.6. The molecular weight excluding hydrogens is 328 g/mol. The zero-order valence-corrected chi connectivity index (χ0v) is 14.1. The lowest BCUT2D eigenvalue weighted by molar-refractivity contribution is 0.0254. The Morgan fingerprint density at radius 1 is 1.36 bits per heavy atom. The molecule has 1 saturated heterocycles. The highest BCUT2D eigenvalue weighted by Gasteiger charge is 2.19. The first-order valence-corrected chi connectivity index (χ1v) is 8.24. The third kappa shape index (κ3) is 4.28. The van der Waals surface area contributed by atoms with Crippen molar-refractivity contribution in [1.29, 1.82) is 0 Å². The van der Waals surface area contributed by atoms with Crippen LogP contribution in [0.1, 0.15) is 23.3 Å². The van der Waals surface area contributed by atoms with Crippen molar-refractivity contribution in [3.05, 3.63) is 23.9 Å². The highest BCUT2D eigenvalue weighted by Crippen LogP contribution is 2.26. The lowest BCUT2D eigenvalue weighted by atomic mass is 10.1. The lowest BCUT2D eigenvalue weighted by Gasteiger charge is -2.23. The van der Waals surface area contributed by atoms with E-state index in [1.807, 2.05) is 6.07 Å². The molecular formula is C17H22N2O6. The van der Waals surface area contributed by atoms with Gasteiger partial charge >= 0.3 is 5.97 Å². The summed E-state index contributed by atoms with van der Waals surface area (Å²) in [5.41, 5.74) is 0.669. The standard InChI is InChI=1S/C17H22N2O6/c1-22-8-9-24-11-19-15-10-13(25-12-4-6-23-7-5-12)2-3-14(15)16(18-19)17(20)21/h2-3,10,12H,4-9,11H2,1H3,(H,20,21). The molecule has 0 spiro atoms. The van der Waals surface area contributed by atoms with Crippen molar-refractivity contribution in [3.63, 3.8) is 0 Å². The van der Waals surface area contributed by atoms with Gasteiger partial charge < -0.3 is 24.1 Å². The molecule has 8 nitrogen and oxygen atoms in total. The van der Waals surface area contributed by atoms with Crippen molar-refractivity contribution in [3.8, 4) is 5.75 Å². The average molecular weight is 350 g/mol. The molecule has 0 unspecified atom stereocenters. The van der Waals surface area contributed by atoms with Crippen molar-refractivity contribution in [2.24, 2.45) is 0 Å². The predicted octanol–water partition coefficient (Wildman–Crippen LogP) is 1.91. The molecule has 0 saturated carbocycles. The minimum atomic E-state index is -1.07. The third-order valence-corrected chi connectivity index (χ3v) is 4.04. The summed E-state index contributed by atoms with van der Waals surface area (Å²) in [7, 11) is 1.59. The van der Waals surface area contributed by atoms with E-state index in [-0.39, 0.29) is 18.5 Å². The highest BCUT2D eigenvalue weighted by atomic mass is 16.5. The number of benzene rings is 1. The van der Waals surface area contributed by atoms with Crippen LogP contribution < -0.4 is 4.74 Å². The number of fused-ring (bicyclic) bond motifs is 1. The largest absolute Gasteiger partial charge is 0.490 e. The zero-order chi connectivity index (χ0) is 17.6. The summed E-state index contributed by atoms with van der Waals surface area (Å²) in [6.45, 7) is 2.40. The SMILES string of the molecule is COCCOCn1nc(C(=O)O)c2ccc(OC3CCOCC3)cc21. The Bertz CT molecular complexity index is 723. The van der Waals surface area contributed by atoms with Gasteiger partial charge in [0.25, 0.3) is 0 Å². The summed E-state index contributed by atoms with van der Waals surface area (Å²) >= 11 is 0. The van der Waals surface area contributed by atoms with Crippen molar-refractivity contribution in [1.82, 2.24) is 9.78 Å². The highest BCUT2D eigenvalue weighted by molar-refractivity contribution is 6.01. The van der Waals surface area contributed by atoms with E-state index >= 15 is 0 Å². The Labute approximate surface area is 145 Å². The van der Waals surface area contributed by atoms with Crippen LogP contribution >= 0.6 is 0 Å². The van der Waals surface area contributed by atoms with Gasteiger partial charge in [-0.05, 0) is 12.1 Å². The van der Waals surface area contributed by atoms with Crippen LogP contribution in [0, 0.1) is 0 Å². The molecule has 0 atom stereocenters. The van der Waals surface area contributed by atoms with Gasteiger partial charge in [0.1, 0.15) is 18.6 Å². The summed E-state index contributed by atoms with van der Waals surface area (Å²) in [5.74, 6) is -0.381. The molecule has 1 fully saturated rings. The minimum absolute atomic E-state index is 0.00274. The molecule has 3 rings (SSSR count). The van der Waals surface area contributed by atoms with Gasteiger partial charge in [0, 0.05) is 31.4 Å². The van der Waals surface area contributed by atoms with Crippen LogP contribution in [0.5, 0.6) is 5.75 Å². The first-order valence-electron chi connectivity index (χ1n) is 8.24. The molecule has 136 valence electrons. The van der Waals surface area contributed by atoms with Crippen LogP contribution in [-0.4, -0.2) is 60.5 Å². The number of carboxylic acid groups (broad SMARTS) is 1. The van der Waals surface area contributed by atoms with E-state index in [4.69, 9.17) is 18.9 Å². The number of carboxylic acids is 1. The monoisotopic (exact) mass is 350 g/mol. The smallest absolute Gasteiger partial charge is 0.357 e. The van der Waals surface area contributed by atoms with Gasteiger partial charge in [-0.15, -0.1) is 0 Å². The second-order valence-corrected chi connectivity index (χ2v) is 5.79. The van der Waals surface area contributed by atoms with Crippen molar-refractivity contribution >= 4 is 16.9 Å². The fourth-order valence-corrected chi connectivity index (χ4v) is 2.76. The van der Waals surface area contributed by atoms with E-state index in [9.17, 15) is 9.90 Å². The molecule has 0 bridgehead atoms. The quantitative estimate of drug-likeness (QED) is 0.727. The van der Waals surface area contributed by atoms with Gasteiger partial charge in [-0.3, -0.25) is 0 Å². The zero-order valence-electron chi connectivity index (χ0n) is 14.1. The fraction of sp³-hybridized carbons (Fsp3) is 0.529. The number of methoxy groups -OCH3 is 1. The number of nitrogens with zero attached hydrogens (tertiary/aromatic N) is 2. The maximum atomic E-state index is 11.4. The Morgan fingerprint density at radius 3 is 2.88 bits per heavy atom. The summed E-state index contributed by atoms with van der Waals surface area (Å²) < 4.78 is 23.3. The fourth-order valence-electron chi connectivity index (χ4n) is 2.76. The molecule has 2 aromatic rings. The molecule has 0 radical (unpaired) electrons. The Kier molecular flexibility index (Phi) is 5.85. The average Bonchev–Trinajstić information content (AvgIpc) is 2.98. The van der Waals surface area contributed by atoms with E-state index in [0.717, 1.165) is 12.8 Å². The number of hydrogen-bond acceptors (Lipinski definition) is 6. The number of aromatic nitrogens is 2. The van der Waals surface area contributed by atoms with Gasteiger partial charge in [0.2, 0.25) is 0 Å². The summed E-state index contributed by atoms with van der Waals surface area (Å²) in [6.07, 6.45) is 1.80. The van der Waals surface area contributed by atoms with Gasteiger partial charge in [0.05, 0.1) is 31.9 Å². The van der Waals surface area contributed by atoms with Crippen molar-refractivity contribution < 1.29 is 28.8 Å². The molecule has 2 heterocycles. The maximum absolute atomic E-state index is 11.4. The third-order valence-electron chi connectivity index (χ3n) is 4.04. The molecule has 25 heavy (non-hydrogen) atoms. The number of aromatic carboxylic acids is 1. The minimum Gasteiger partial charge on any atom is -0.490 e. The molecule has 1 aliphatic rings. The first-order chi connectivity index (χ1) is 12.2. The molecule has 1 N–H and O–H groups in total. The van der Waals surface area contributed by atoms with E-state index in [0.29, 0.717) is 43.1 Å². The second-order valence-electron chi connectivity index (χ2n) is 5.79. The topological polar surface area (TPSA) is 92.0 Å². The van der Waals surface area contributed by atoms with Gasteiger partial charge in [-0.25, -0.2) is 9.48 Å². The predicted molar refractivity (Wildman–Crippen MR) is 89.0 cm³/mol. The lowest BCUT2D eigenvalue weighted by Crippen LogP contribution is -2.25. The Morgan fingerprint density at radius 2 is 2.16 bits per heavy atom. The van der Waals surface area contributed by atoms with E-state index in [1.54, 1.807) is 19.2 Å². The maximum Gasteiger partial charge on any atom is 0.357 e. The van der Waals surface area contributed by atoms with E-state index < -0.39 is 5.97 Å². The van der Waals surface area contributed by atoms with Crippen LogP contribution in [0.15, 0.2) is 18.2 Å². The summed E-state index contributed by atoms with van der Waals surface area (Å²) in [4.78, 5) is 11.4. The molecule has 0 amide bonds. The van der Waals surface area contributed by atoms with Crippen LogP contribution in [0.3, 0.4) is 0 Å². The number of hydrogen-bond donors (Lipinski definition) is 1. The first kappa shape index (κ1) is 17.7. The van der Waals surface area contributed by atoms with Crippen LogP contribution in [-0.2, 0) is 20.9 Å². The van der Waals surface area contributed by atoms with Crippen molar-refractivity contribution in [2.45, 2.75) is 25.7 Å². The summed E-state index contributed by atoms with van der Waals surface area (Å²) in [5, 5.41) is 14.1. The molecule has 1 aliphatic heterocycles. The summed E-state index contributed by atoms with van der Waals surface area (Å²) in [6, 6.07) is 5.32. The van der Waals surface area contributed by atoms with Gasteiger partial charge in [-0.2, -0.15) is 5.10 Å². The van der Waals surface area contributed by atoms with Crippen LogP contribution in [0.4, 0.5) is 0 Å². The number of carbonyl (C=O) groups is 1. The Balaban J connectivity index is 1.82. The number of rotatable bonds is 8.